The Labute approximate surface area is 451 Å². The number of unbranched alkanes of at least 4 members (excludes halogenated alkanes) is 36. The van der Waals surface area contributed by atoms with Gasteiger partial charge in [0.1, 0.15) is 0 Å². The number of para-hydroxylation sites is 2. The van der Waals surface area contributed by atoms with Crippen molar-refractivity contribution >= 4 is 22.8 Å². The molecular formula is C68H112N2Ni+. The van der Waals surface area contributed by atoms with Gasteiger partial charge >= 0.3 is 253 Å². The van der Waals surface area contributed by atoms with Crippen molar-refractivity contribution in [1.82, 2.24) is 0 Å². The zero-order chi connectivity index (χ0) is 50.8. The molecule has 0 unspecified atom stereocenters. The van der Waals surface area contributed by atoms with E-state index in [0.717, 1.165) is 94.1 Å². The van der Waals surface area contributed by atoms with Crippen LogP contribution in [0.2, 0.25) is 0 Å². The first-order chi connectivity index (χ1) is 35.2. The van der Waals surface area contributed by atoms with Crippen molar-refractivity contribution in [2.75, 3.05) is 0 Å². The number of aryl methyl sites for hydroxylation is 2. The summed E-state index contributed by atoms with van der Waals surface area (Å²) < 4.78 is 2.11. The second-order valence-electron chi connectivity index (χ2n) is 21.2. The molecule has 0 radical (unpaired) electrons. The number of hydrogen-bond acceptors (Lipinski definition) is 1. The van der Waals surface area contributed by atoms with Gasteiger partial charge in [0.2, 0.25) is 0 Å². The Hall–Kier alpha value is -2.61. The van der Waals surface area contributed by atoms with Gasteiger partial charge in [-0.3, -0.25) is 0 Å². The van der Waals surface area contributed by atoms with Gasteiger partial charge in [-0.05, 0) is 0 Å². The third kappa shape index (κ3) is 36.1. The topological polar surface area (TPSA) is 15.4 Å². The van der Waals surface area contributed by atoms with Crippen LogP contribution >= 0.6 is 0 Å². The first kappa shape index (κ1) is 64.5. The Morgan fingerprint density at radius 2 is 0.690 bits per heavy atom. The van der Waals surface area contributed by atoms with Crippen LogP contribution < -0.4 is 0 Å². The van der Waals surface area contributed by atoms with Crippen LogP contribution in [0.1, 0.15) is 321 Å². The van der Waals surface area contributed by atoms with Crippen molar-refractivity contribution in [2.24, 2.45) is 4.99 Å². The molecule has 0 saturated carbocycles. The summed E-state index contributed by atoms with van der Waals surface area (Å²) in [5.74, 6) is 14.1. The minimum Gasteiger partial charge on any atom is -0.0654 e. The average Bonchev–Trinajstić information content (AvgIpc) is 3.39. The van der Waals surface area contributed by atoms with Crippen molar-refractivity contribution in [3.8, 4) is 23.7 Å². The van der Waals surface area contributed by atoms with Gasteiger partial charge in [-0.1, -0.05) is 200 Å². The number of rotatable bonds is 47. The van der Waals surface area contributed by atoms with Crippen molar-refractivity contribution in [3.63, 3.8) is 0 Å². The molecule has 71 heavy (non-hydrogen) atoms. The van der Waals surface area contributed by atoms with Gasteiger partial charge in [0.05, 0.1) is 0 Å². The van der Waals surface area contributed by atoms with Gasteiger partial charge in [-0.25, -0.2) is 0 Å². The molecule has 0 saturated heterocycles. The third-order valence-electron chi connectivity index (χ3n) is 14.6. The van der Waals surface area contributed by atoms with E-state index in [9.17, 15) is 0 Å². The first-order valence-corrected chi connectivity index (χ1v) is 31.5. The molecule has 0 spiro atoms. The van der Waals surface area contributed by atoms with Gasteiger partial charge in [-0.15, -0.1) is 0 Å². The number of benzene rings is 2. The van der Waals surface area contributed by atoms with Crippen LogP contribution in [-0.4, -0.2) is 15.1 Å². The van der Waals surface area contributed by atoms with E-state index >= 15 is 0 Å². The van der Waals surface area contributed by atoms with Crippen LogP contribution in [-0.2, 0) is 28.5 Å². The van der Waals surface area contributed by atoms with Crippen molar-refractivity contribution in [2.45, 2.75) is 323 Å². The van der Waals surface area contributed by atoms with Crippen molar-refractivity contribution in [3.05, 3.63) is 59.7 Å². The SMILES string of the molecule is CCCCCCCCCCCCCCCCCCCC#CCCc1ccccc1N=C(CCCC)C(CCCC)=[N+]([Ni])c1ccccc1CCC#CCCCCCCCCCCCCCCCCCCC. The predicted molar refractivity (Wildman–Crippen MR) is 314 cm³/mol. The molecule has 0 aliphatic heterocycles. The number of nitrogens with zero attached hydrogens (tertiary/aromatic N) is 2. The first-order valence-electron chi connectivity index (χ1n) is 31.1. The summed E-state index contributed by atoms with van der Waals surface area (Å²) in [6, 6.07) is 17.5. The van der Waals surface area contributed by atoms with Gasteiger partial charge < -0.3 is 0 Å². The van der Waals surface area contributed by atoms with Gasteiger partial charge in [-0.2, -0.15) is 0 Å². The fourth-order valence-electron chi connectivity index (χ4n) is 9.94. The maximum absolute atomic E-state index is 5.98. The van der Waals surface area contributed by atoms with Crippen molar-refractivity contribution < 1.29 is 19.3 Å². The van der Waals surface area contributed by atoms with Crippen LogP contribution in [0, 0.1) is 23.7 Å². The average molecular weight is 1020 g/mol. The smallest absolute Gasteiger partial charge is 0.0654 e. The van der Waals surface area contributed by atoms with E-state index in [0.29, 0.717) is 0 Å². The predicted octanol–water partition coefficient (Wildman–Crippen LogP) is 22.3. The molecule has 0 aromatic heterocycles. The molecule has 3 heteroatoms. The van der Waals surface area contributed by atoms with Crippen LogP contribution in [0.15, 0.2) is 53.5 Å². The Balaban J connectivity index is 1.80. The number of hydrogen-bond donors (Lipinski definition) is 0. The monoisotopic (exact) mass is 1010 g/mol. The fraction of sp³-hybridized carbons (Fsp3) is 0.735. The molecule has 0 aliphatic rings. The Morgan fingerprint density at radius 1 is 0.366 bits per heavy atom. The molecule has 0 bridgehead atoms. The molecule has 0 atom stereocenters. The summed E-state index contributed by atoms with van der Waals surface area (Å²) in [5.41, 5.74) is 7.18. The second kappa shape index (κ2) is 49.6. The second-order valence-corrected chi connectivity index (χ2v) is 21.7. The molecular weight excluding hydrogens is 903 g/mol. The van der Waals surface area contributed by atoms with E-state index < -0.39 is 0 Å². The molecule has 2 aromatic carbocycles. The molecule has 0 aliphatic carbocycles. The van der Waals surface area contributed by atoms with Crippen LogP contribution in [0.3, 0.4) is 0 Å². The Kier molecular flexibility index (Phi) is 45.1. The molecule has 0 N–H and O–H groups in total. The van der Waals surface area contributed by atoms with E-state index in [1.165, 1.54) is 235 Å². The van der Waals surface area contributed by atoms with Gasteiger partial charge in [0, 0.05) is 0 Å². The molecule has 2 rings (SSSR count). The van der Waals surface area contributed by atoms with Crippen molar-refractivity contribution in [1.29, 1.82) is 0 Å². The number of aliphatic imine (C=N–C) groups is 1. The summed E-state index contributed by atoms with van der Waals surface area (Å²) >= 11 is 5.98. The molecule has 2 aromatic rings. The summed E-state index contributed by atoms with van der Waals surface area (Å²) in [6.45, 7) is 9.17. The minimum atomic E-state index is 0.876. The Bertz CT molecular complexity index is 1710. The van der Waals surface area contributed by atoms with E-state index in [1.807, 2.05) is 0 Å². The zero-order valence-corrected chi connectivity index (χ0v) is 48.3. The fourth-order valence-corrected chi connectivity index (χ4v) is 10.4. The third-order valence-corrected chi connectivity index (χ3v) is 15.1. The van der Waals surface area contributed by atoms with Crippen LogP contribution in [0.25, 0.3) is 0 Å². The zero-order valence-electron chi connectivity index (χ0n) is 47.4. The summed E-state index contributed by atoms with van der Waals surface area (Å²) in [7, 11) is 0. The summed E-state index contributed by atoms with van der Waals surface area (Å²) in [4.78, 5) is 5.50. The van der Waals surface area contributed by atoms with E-state index in [1.54, 1.807) is 0 Å². The van der Waals surface area contributed by atoms with E-state index in [-0.39, 0.29) is 0 Å². The van der Waals surface area contributed by atoms with Crippen LogP contribution in [0.4, 0.5) is 11.4 Å². The standard InChI is InChI=1S/C68H112N2.Ni/c1-5-9-13-15-17-19-21-23-25-27-29-31-33-35-37-39-41-43-45-47-49-55-63-57-51-53-61-65(63)69-67(59-11-7-3)68(60-12-8-4)70-66-62-54-52-58-64(66)56-50-48-46-44-42-40-38-36-34-32-30-28-26-24-22-20-18-16-14-10-6-2;/h51-54,57-58,61-62H,5-44,49-50,55-56,59-60H2,1-4H3;/q;+1. The molecule has 403 valence electrons. The molecule has 0 fully saturated rings. The minimum absolute atomic E-state index is 0.876. The molecule has 0 amide bonds. The maximum atomic E-state index is 5.98. The quantitative estimate of drug-likeness (QED) is 0.0272. The summed E-state index contributed by atoms with van der Waals surface area (Å²) in [6.07, 6.45) is 60.0. The Morgan fingerprint density at radius 3 is 1.11 bits per heavy atom. The van der Waals surface area contributed by atoms with E-state index in [2.05, 4.69) is 104 Å². The van der Waals surface area contributed by atoms with E-state index in [4.69, 9.17) is 20.7 Å². The van der Waals surface area contributed by atoms with Crippen LogP contribution in [0.5, 0.6) is 0 Å². The van der Waals surface area contributed by atoms with Gasteiger partial charge in [0.15, 0.2) is 0 Å². The molecule has 0 heterocycles. The summed E-state index contributed by atoms with van der Waals surface area (Å²) in [5, 5.41) is 0. The normalized spacial score (nSPS) is 11.9. The molecule has 2 nitrogen and oxygen atoms in total. The van der Waals surface area contributed by atoms with Gasteiger partial charge in [0.25, 0.3) is 0 Å².